The Kier molecular flexibility index (Phi) is 4.79. The summed E-state index contributed by atoms with van der Waals surface area (Å²) in [5.74, 6) is 1.54. The molecular formula is C20H27N5. The van der Waals surface area contributed by atoms with Crippen LogP contribution in [0.4, 0.5) is 0 Å². The van der Waals surface area contributed by atoms with Crippen molar-refractivity contribution in [2.75, 3.05) is 13.1 Å². The number of aromatic nitrogens is 2. The van der Waals surface area contributed by atoms with E-state index in [4.69, 9.17) is 0 Å². The molecule has 4 rings (SSSR count). The van der Waals surface area contributed by atoms with Gasteiger partial charge in [-0.05, 0) is 44.7 Å². The van der Waals surface area contributed by atoms with Crippen molar-refractivity contribution < 1.29 is 0 Å². The highest BCUT2D eigenvalue weighted by Gasteiger charge is 2.35. The first-order valence-corrected chi connectivity index (χ1v) is 9.25. The second kappa shape index (κ2) is 7.20. The summed E-state index contributed by atoms with van der Waals surface area (Å²) in [6.45, 7) is 7.33. The van der Waals surface area contributed by atoms with Crippen LogP contribution in [-0.2, 0) is 6.54 Å². The second-order valence-electron chi connectivity index (χ2n) is 7.52. The average Bonchev–Trinajstić information content (AvgIpc) is 3.27. The number of hydrogen-bond acceptors (Lipinski definition) is 5. The summed E-state index contributed by atoms with van der Waals surface area (Å²) < 4.78 is 0. The largest absolute Gasteiger partial charge is 0.299 e. The lowest BCUT2D eigenvalue weighted by Gasteiger charge is -2.19. The standard InChI is InChI=1S/C20H27N5/c1-14-3-5-17(6-4-14)19-9-20(24-23-19)18-7-8-25(13-18)12-16-10-21-15(2)22-11-16/h3-6,10-11,18-20,23-24H,7-9,12-13H2,1-2H3. The van der Waals surface area contributed by atoms with Crippen LogP contribution in [0, 0.1) is 19.8 Å². The maximum absolute atomic E-state index is 4.31. The van der Waals surface area contributed by atoms with Gasteiger partial charge in [-0.1, -0.05) is 29.8 Å². The molecule has 0 amide bonds. The molecule has 2 aromatic rings. The highest BCUT2D eigenvalue weighted by molar-refractivity contribution is 5.25. The van der Waals surface area contributed by atoms with E-state index in [9.17, 15) is 0 Å². The first-order valence-electron chi connectivity index (χ1n) is 9.25. The molecule has 1 aromatic heterocycles. The molecule has 3 atom stereocenters. The van der Waals surface area contributed by atoms with E-state index in [1.165, 1.54) is 23.1 Å². The fourth-order valence-corrected chi connectivity index (χ4v) is 4.00. The molecule has 0 aliphatic carbocycles. The molecule has 2 saturated heterocycles. The van der Waals surface area contributed by atoms with Gasteiger partial charge >= 0.3 is 0 Å². The van der Waals surface area contributed by atoms with Gasteiger partial charge in [0.1, 0.15) is 5.82 Å². The lowest BCUT2D eigenvalue weighted by atomic mass is 9.92. The summed E-state index contributed by atoms with van der Waals surface area (Å²) in [6, 6.07) is 9.86. The lowest BCUT2D eigenvalue weighted by molar-refractivity contribution is 0.296. The molecule has 132 valence electrons. The summed E-state index contributed by atoms with van der Waals surface area (Å²) in [7, 11) is 0. The summed E-state index contributed by atoms with van der Waals surface area (Å²) >= 11 is 0. The third-order valence-corrected chi connectivity index (χ3v) is 5.53. The number of hydrogen-bond donors (Lipinski definition) is 2. The predicted octanol–water partition coefficient (Wildman–Crippen LogP) is 2.52. The highest BCUT2D eigenvalue weighted by Crippen LogP contribution is 2.30. The van der Waals surface area contributed by atoms with E-state index >= 15 is 0 Å². The zero-order valence-corrected chi connectivity index (χ0v) is 15.1. The summed E-state index contributed by atoms with van der Waals surface area (Å²) in [5, 5.41) is 0. The molecule has 25 heavy (non-hydrogen) atoms. The van der Waals surface area contributed by atoms with Crippen molar-refractivity contribution in [3.8, 4) is 0 Å². The lowest BCUT2D eigenvalue weighted by Crippen LogP contribution is -2.37. The van der Waals surface area contributed by atoms with E-state index in [-0.39, 0.29) is 0 Å². The van der Waals surface area contributed by atoms with Gasteiger partial charge < -0.3 is 0 Å². The highest BCUT2D eigenvalue weighted by atomic mass is 15.4. The molecule has 2 aliphatic rings. The van der Waals surface area contributed by atoms with E-state index in [1.807, 2.05) is 19.3 Å². The van der Waals surface area contributed by atoms with Gasteiger partial charge in [0.25, 0.3) is 0 Å². The van der Waals surface area contributed by atoms with Gasteiger partial charge in [0.15, 0.2) is 0 Å². The molecule has 3 unspecified atom stereocenters. The molecule has 3 heterocycles. The Bertz CT molecular complexity index is 697. The van der Waals surface area contributed by atoms with E-state index in [2.05, 4.69) is 56.9 Å². The van der Waals surface area contributed by atoms with Crippen molar-refractivity contribution in [2.45, 2.75) is 45.3 Å². The zero-order chi connectivity index (χ0) is 17.2. The number of nitrogens with one attached hydrogen (secondary N) is 2. The molecule has 0 bridgehead atoms. The Morgan fingerprint density at radius 2 is 1.84 bits per heavy atom. The van der Waals surface area contributed by atoms with Crippen molar-refractivity contribution in [3.05, 3.63) is 59.2 Å². The summed E-state index contributed by atoms with van der Waals surface area (Å²) in [4.78, 5) is 11.1. The fourth-order valence-electron chi connectivity index (χ4n) is 4.00. The maximum Gasteiger partial charge on any atom is 0.125 e. The van der Waals surface area contributed by atoms with Gasteiger partial charge in [-0.3, -0.25) is 15.8 Å². The van der Waals surface area contributed by atoms with E-state index in [1.54, 1.807) is 0 Å². The minimum atomic E-state index is 0.421. The van der Waals surface area contributed by atoms with Crippen molar-refractivity contribution >= 4 is 0 Å². The molecule has 0 saturated carbocycles. The van der Waals surface area contributed by atoms with Crippen molar-refractivity contribution in [3.63, 3.8) is 0 Å². The van der Waals surface area contributed by atoms with Gasteiger partial charge in [0.2, 0.25) is 0 Å². The van der Waals surface area contributed by atoms with Gasteiger partial charge in [0.05, 0.1) is 0 Å². The normalized spacial score (nSPS) is 27.0. The number of rotatable bonds is 4. The quantitative estimate of drug-likeness (QED) is 0.898. The van der Waals surface area contributed by atoms with Crippen molar-refractivity contribution in [1.82, 2.24) is 25.7 Å². The second-order valence-corrected chi connectivity index (χ2v) is 7.52. The summed E-state index contributed by atoms with van der Waals surface area (Å²) in [6.07, 6.45) is 6.33. The van der Waals surface area contributed by atoms with E-state index in [0.717, 1.165) is 31.9 Å². The molecule has 2 fully saturated rings. The molecule has 1 aromatic carbocycles. The van der Waals surface area contributed by atoms with Crippen molar-refractivity contribution in [1.29, 1.82) is 0 Å². The topological polar surface area (TPSA) is 53.1 Å². The smallest absolute Gasteiger partial charge is 0.125 e. The first kappa shape index (κ1) is 16.6. The van der Waals surface area contributed by atoms with Crippen LogP contribution >= 0.6 is 0 Å². The zero-order valence-electron chi connectivity index (χ0n) is 15.1. The molecule has 2 aliphatic heterocycles. The van der Waals surface area contributed by atoms with Gasteiger partial charge in [-0.2, -0.15) is 0 Å². The Labute approximate surface area is 149 Å². The Hall–Kier alpha value is -1.82. The van der Waals surface area contributed by atoms with Crippen LogP contribution in [0.15, 0.2) is 36.7 Å². The maximum atomic E-state index is 4.31. The van der Waals surface area contributed by atoms with Gasteiger partial charge in [-0.25, -0.2) is 9.97 Å². The molecule has 0 radical (unpaired) electrons. The Morgan fingerprint density at radius 3 is 2.60 bits per heavy atom. The van der Waals surface area contributed by atoms with Gasteiger partial charge in [0, 0.05) is 43.1 Å². The molecular weight excluding hydrogens is 310 g/mol. The molecule has 5 nitrogen and oxygen atoms in total. The van der Waals surface area contributed by atoms with Crippen molar-refractivity contribution in [2.24, 2.45) is 5.92 Å². The molecule has 0 spiro atoms. The average molecular weight is 337 g/mol. The predicted molar refractivity (Wildman–Crippen MR) is 98.7 cm³/mol. The minimum Gasteiger partial charge on any atom is -0.299 e. The van der Waals surface area contributed by atoms with Crippen LogP contribution < -0.4 is 10.9 Å². The number of hydrazine groups is 1. The summed E-state index contributed by atoms with van der Waals surface area (Å²) in [5.41, 5.74) is 11.0. The molecule has 5 heteroatoms. The van der Waals surface area contributed by atoms with Crippen LogP contribution in [0.25, 0.3) is 0 Å². The first-order chi connectivity index (χ1) is 12.2. The number of benzene rings is 1. The van der Waals surface area contributed by atoms with Crippen LogP contribution in [0.3, 0.4) is 0 Å². The Morgan fingerprint density at radius 1 is 1.08 bits per heavy atom. The molecule has 2 N–H and O–H groups in total. The van der Waals surface area contributed by atoms with E-state index in [0.29, 0.717) is 18.0 Å². The van der Waals surface area contributed by atoms with Gasteiger partial charge in [-0.15, -0.1) is 0 Å². The SMILES string of the molecule is Cc1ccc(C2CC(C3CCN(Cc4cnc(C)nc4)C3)NN2)cc1. The van der Waals surface area contributed by atoms with Crippen LogP contribution in [0.1, 0.15) is 41.4 Å². The Balaban J connectivity index is 1.31. The fraction of sp³-hybridized carbons (Fsp3) is 0.500. The monoisotopic (exact) mass is 337 g/mol. The number of likely N-dealkylation sites (tertiary alicyclic amines) is 1. The third kappa shape index (κ3) is 3.89. The van der Waals surface area contributed by atoms with Crippen LogP contribution in [0.2, 0.25) is 0 Å². The number of nitrogens with zero attached hydrogens (tertiary/aromatic N) is 3. The number of aryl methyl sites for hydroxylation is 2. The van der Waals surface area contributed by atoms with Crippen LogP contribution in [0.5, 0.6) is 0 Å². The van der Waals surface area contributed by atoms with E-state index < -0.39 is 0 Å². The third-order valence-electron chi connectivity index (χ3n) is 5.53. The van der Waals surface area contributed by atoms with Crippen LogP contribution in [-0.4, -0.2) is 34.0 Å². The minimum absolute atomic E-state index is 0.421.